The van der Waals surface area contributed by atoms with Crippen LogP contribution in [0, 0.1) is 5.41 Å². The molecule has 0 aliphatic heterocycles. The molecule has 4 heteroatoms. The van der Waals surface area contributed by atoms with Crippen LogP contribution in [-0.2, 0) is 0 Å². The first-order chi connectivity index (χ1) is 7.76. The molecule has 0 saturated carbocycles. The molecule has 16 heavy (non-hydrogen) atoms. The second-order valence-corrected chi connectivity index (χ2v) is 3.26. The highest BCUT2D eigenvalue weighted by Crippen LogP contribution is 2.25. The van der Waals surface area contributed by atoms with Crippen LogP contribution in [0.5, 0.6) is 5.75 Å². The molecule has 0 bridgehead atoms. The first-order valence-electron chi connectivity index (χ1n) is 4.74. The normalized spacial score (nSPS) is 10.1. The first kappa shape index (κ1) is 10.3. The third-order valence-electron chi connectivity index (χ3n) is 2.31. The molecular formula is C12H10N2O2. The molecular weight excluding hydrogens is 204 g/mol. The smallest absolute Gasteiger partial charge is 0.203 e. The number of rotatable bonds is 3. The number of ether oxygens (including phenoxy) is 1. The number of carbonyl (C=O) groups excluding carboxylic acids is 1. The Hall–Kier alpha value is -2.23. The fraction of sp³-hybridized carbons (Fsp3) is 0.0833. The number of fused-ring (bicyclic) bond motifs is 1. The molecule has 0 atom stereocenters. The van der Waals surface area contributed by atoms with E-state index >= 15 is 0 Å². The number of nitrogens with zero attached hydrogens (tertiary/aromatic N) is 1. The monoisotopic (exact) mass is 214 g/mol. The van der Waals surface area contributed by atoms with Gasteiger partial charge in [0.1, 0.15) is 11.3 Å². The molecule has 0 aliphatic rings. The molecule has 2 aromatic rings. The van der Waals surface area contributed by atoms with Crippen LogP contribution < -0.4 is 4.74 Å². The lowest BCUT2D eigenvalue weighted by Gasteiger charge is -2.06. The highest BCUT2D eigenvalue weighted by atomic mass is 16.5. The van der Waals surface area contributed by atoms with Gasteiger partial charge in [0.2, 0.25) is 5.78 Å². The Balaban J connectivity index is 2.72. The molecule has 80 valence electrons. The topological polar surface area (TPSA) is 63.0 Å². The van der Waals surface area contributed by atoms with E-state index in [4.69, 9.17) is 10.1 Å². The average Bonchev–Trinajstić information content (AvgIpc) is 2.36. The number of hydrogen-bond acceptors (Lipinski definition) is 4. The van der Waals surface area contributed by atoms with Gasteiger partial charge in [-0.05, 0) is 18.2 Å². The Bertz CT molecular complexity index is 564. The summed E-state index contributed by atoms with van der Waals surface area (Å²) in [7, 11) is 1.53. The van der Waals surface area contributed by atoms with Crippen LogP contribution in [0.15, 0.2) is 30.5 Å². The number of hydrogen-bond donors (Lipinski definition) is 1. The summed E-state index contributed by atoms with van der Waals surface area (Å²) in [5.74, 6) is 0.201. The summed E-state index contributed by atoms with van der Waals surface area (Å²) in [4.78, 5) is 15.6. The van der Waals surface area contributed by atoms with E-state index in [1.54, 1.807) is 24.4 Å². The molecule has 0 fully saturated rings. The van der Waals surface area contributed by atoms with Crippen LogP contribution in [0.1, 0.15) is 10.4 Å². The van der Waals surface area contributed by atoms with Crippen LogP contribution in [-0.4, -0.2) is 24.1 Å². The second kappa shape index (κ2) is 4.10. The number of ketones is 1. The third-order valence-corrected chi connectivity index (χ3v) is 2.31. The van der Waals surface area contributed by atoms with E-state index in [-0.39, 0.29) is 5.78 Å². The van der Waals surface area contributed by atoms with Crippen LogP contribution in [0.4, 0.5) is 0 Å². The van der Waals surface area contributed by atoms with Crippen molar-refractivity contribution in [3.63, 3.8) is 0 Å². The molecule has 4 nitrogen and oxygen atoms in total. The highest BCUT2D eigenvalue weighted by Gasteiger charge is 2.09. The predicted octanol–water partition coefficient (Wildman–Crippen LogP) is 2.08. The minimum atomic E-state index is -0.343. The zero-order valence-electron chi connectivity index (χ0n) is 8.73. The van der Waals surface area contributed by atoms with Crippen molar-refractivity contribution in [3.8, 4) is 5.75 Å². The maximum atomic E-state index is 11.4. The van der Waals surface area contributed by atoms with Gasteiger partial charge in [0.15, 0.2) is 0 Å². The zero-order chi connectivity index (χ0) is 11.5. The van der Waals surface area contributed by atoms with E-state index in [0.29, 0.717) is 16.8 Å². The number of carbonyl (C=O) groups is 1. The number of Topliss-reactive ketones (excluding diaryl/α,β-unsaturated/α-hetero) is 1. The van der Waals surface area contributed by atoms with Gasteiger partial charge in [-0.2, -0.15) is 0 Å². The number of benzene rings is 1. The maximum Gasteiger partial charge on any atom is 0.203 e. The summed E-state index contributed by atoms with van der Waals surface area (Å²) in [6.07, 6.45) is 2.46. The summed E-state index contributed by atoms with van der Waals surface area (Å²) >= 11 is 0. The van der Waals surface area contributed by atoms with Crippen molar-refractivity contribution in [1.29, 1.82) is 5.41 Å². The minimum Gasteiger partial charge on any atom is -0.494 e. The maximum absolute atomic E-state index is 11.4. The van der Waals surface area contributed by atoms with Gasteiger partial charge in [-0.15, -0.1) is 0 Å². The molecule has 0 amide bonds. The Morgan fingerprint density at radius 2 is 2.31 bits per heavy atom. The van der Waals surface area contributed by atoms with Gasteiger partial charge in [0.05, 0.1) is 13.3 Å². The van der Waals surface area contributed by atoms with Crippen LogP contribution in [0.25, 0.3) is 10.9 Å². The van der Waals surface area contributed by atoms with Gasteiger partial charge < -0.3 is 10.1 Å². The molecule has 0 spiro atoms. The molecule has 0 radical (unpaired) electrons. The van der Waals surface area contributed by atoms with Crippen molar-refractivity contribution in [2.45, 2.75) is 0 Å². The van der Waals surface area contributed by atoms with Crippen molar-refractivity contribution in [2.24, 2.45) is 0 Å². The van der Waals surface area contributed by atoms with E-state index in [2.05, 4.69) is 4.98 Å². The summed E-state index contributed by atoms with van der Waals surface area (Å²) in [5.41, 5.74) is 1.15. The van der Waals surface area contributed by atoms with Crippen molar-refractivity contribution >= 4 is 22.9 Å². The van der Waals surface area contributed by atoms with Crippen molar-refractivity contribution in [1.82, 2.24) is 4.98 Å². The molecule has 0 unspecified atom stereocenters. The largest absolute Gasteiger partial charge is 0.494 e. The SMILES string of the molecule is COc1cc(C(=O)C=N)cc2cccnc12. The van der Waals surface area contributed by atoms with E-state index in [9.17, 15) is 4.79 Å². The molecule has 1 aromatic carbocycles. The number of methoxy groups -OCH3 is 1. The molecule has 0 aliphatic carbocycles. The molecule has 1 aromatic heterocycles. The van der Waals surface area contributed by atoms with Gasteiger partial charge in [-0.25, -0.2) is 0 Å². The fourth-order valence-electron chi connectivity index (χ4n) is 1.54. The fourth-order valence-corrected chi connectivity index (χ4v) is 1.54. The van der Waals surface area contributed by atoms with Crippen molar-refractivity contribution in [2.75, 3.05) is 7.11 Å². The molecule has 1 N–H and O–H groups in total. The summed E-state index contributed by atoms with van der Waals surface area (Å²) in [6, 6.07) is 6.95. The summed E-state index contributed by atoms with van der Waals surface area (Å²) < 4.78 is 5.17. The quantitative estimate of drug-likeness (QED) is 0.628. The van der Waals surface area contributed by atoms with Gasteiger partial charge in [0.25, 0.3) is 0 Å². The van der Waals surface area contributed by atoms with E-state index in [1.165, 1.54) is 7.11 Å². The van der Waals surface area contributed by atoms with Gasteiger partial charge >= 0.3 is 0 Å². The third kappa shape index (κ3) is 1.65. The van der Waals surface area contributed by atoms with Crippen LogP contribution >= 0.6 is 0 Å². The van der Waals surface area contributed by atoms with Crippen LogP contribution in [0.3, 0.4) is 0 Å². The second-order valence-electron chi connectivity index (χ2n) is 3.26. The first-order valence-corrected chi connectivity index (χ1v) is 4.74. The van der Waals surface area contributed by atoms with E-state index < -0.39 is 0 Å². The van der Waals surface area contributed by atoms with Gasteiger partial charge in [0, 0.05) is 17.1 Å². The lowest BCUT2D eigenvalue weighted by atomic mass is 10.1. The Labute approximate surface area is 92.4 Å². The molecule has 1 heterocycles. The Kier molecular flexibility index (Phi) is 2.64. The van der Waals surface area contributed by atoms with Gasteiger partial charge in [-0.3, -0.25) is 9.78 Å². The lowest BCUT2D eigenvalue weighted by Crippen LogP contribution is -2.00. The average molecular weight is 214 g/mol. The van der Waals surface area contributed by atoms with Crippen LogP contribution in [0.2, 0.25) is 0 Å². The number of nitrogens with one attached hydrogen (secondary N) is 1. The highest BCUT2D eigenvalue weighted by molar-refractivity contribution is 6.34. The lowest BCUT2D eigenvalue weighted by molar-refractivity contribution is 0.107. The minimum absolute atomic E-state index is 0.343. The van der Waals surface area contributed by atoms with E-state index in [0.717, 1.165) is 11.6 Å². The van der Waals surface area contributed by atoms with Gasteiger partial charge in [-0.1, -0.05) is 6.07 Å². The number of pyridine rings is 1. The summed E-state index contributed by atoms with van der Waals surface area (Å²) in [6.45, 7) is 0. The molecule has 2 rings (SSSR count). The predicted molar refractivity (Wildman–Crippen MR) is 61.4 cm³/mol. The van der Waals surface area contributed by atoms with Crippen molar-refractivity contribution < 1.29 is 9.53 Å². The standard InChI is InChI=1S/C12H10N2O2/c1-16-11-6-9(10(15)7-13)5-8-3-2-4-14-12(8)11/h2-7,13H,1H3. The summed E-state index contributed by atoms with van der Waals surface area (Å²) in [5, 5.41) is 7.78. The zero-order valence-corrected chi connectivity index (χ0v) is 8.73. The van der Waals surface area contributed by atoms with Crippen molar-refractivity contribution in [3.05, 3.63) is 36.0 Å². The Morgan fingerprint density at radius 3 is 3.00 bits per heavy atom. The van der Waals surface area contributed by atoms with E-state index in [1.807, 2.05) is 6.07 Å². The molecule has 0 saturated heterocycles. The number of aromatic nitrogens is 1. The Morgan fingerprint density at radius 1 is 1.50 bits per heavy atom.